The zero-order valence-electron chi connectivity index (χ0n) is 11.9. The van der Waals surface area contributed by atoms with Gasteiger partial charge < -0.3 is 14.8 Å². The minimum atomic E-state index is -2.73. The second-order valence-electron chi connectivity index (χ2n) is 5.68. The molecule has 0 amide bonds. The summed E-state index contributed by atoms with van der Waals surface area (Å²) in [4.78, 5) is 0. The van der Waals surface area contributed by atoms with Gasteiger partial charge in [0.25, 0.3) is 5.92 Å². The number of hydrogen-bond donors (Lipinski definition) is 1. The highest BCUT2D eigenvalue weighted by Crippen LogP contribution is 2.40. The molecule has 1 aromatic rings. The second-order valence-corrected chi connectivity index (χ2v) is 5.68. The van der Waals surface area contributed by atoms with E-state index in [4.69, 9.17) is 9.47 Å². The number of nitrogens with zero attached hydrogens (tertiary/aromatic N) is 2. The normalized spacial score (nSPS) is 27.8. The predicted molar refractivity (Wildman–Crippen MR) is 72.1 cm³/mol. The molecule has 1 unspecified atom stereocenters. The van der Waals surface area contributed by atoms with Gasteiger partial charge in [-0.25, -0.2) is 8.78 Å². The van der Waals surface area contributed by atoms with Crippen LogP contribution in [0, 0.1) is 0 Å². The molecule has 1 N–H and O–H groups in total. The Bertz CT molecular complexity index is 447. The standard InChI is InChI=1S/C14H21F2N3O2/c15-14(16)5-4-13(20-10-11-21-13)3-2-12(14)17-7-9-19-8-1-6-18-19/h1,6,8,12,17H,2-5,7,9-11H2. The van der Waals surface area contributed by atoms with Crippen LogP contribution < -0.4 is 5.32 Å². The van der Waals surface area contributed by atoms with Gasteiger partial charge in [0.05, 0.1) is 25.8 Å². The minimum Gasteiger partial charge on any atom is -0.348 e. The topological polar surface area (TPSA) is 48.3 Å². The van der Waals surface area contributed by atoms with Crippen molar-refractivity contribution in [3.05, 3.63) is 18.5 Å². The first kappa shape index (κ1) is 14.9. The molecule has 3 rings (SSSR count). The molecule has 1 aromatic heterocycles. The van der Waals surface area contributed by atoms with Crippen LogP contribution in [0.2, 0.25) is 0 Å². The molecule has 118 valence electrons. The highest BCUT2D eigenvalue weighted by molar-refractivity contribution is 4.92. The van der Waals surface area contributed by atoms with Crippen LogP contribution in [0.3, 0.4) is 0 Å². The molecule has 1 saturated heterocycles. The average molecular weight is 301 g/mol. The summed E-state index contributed by atoms with van der Waals surface area (Å²) < 4.78 is 41.3. The maximum absolute atomic E-state index is 14.2. The Morgan fingerprint density at radius 2 is 2.05 bits per heavy atom. The summed E-state index contributed by atoms with van der Waals surface area (Å²) in [6.07, 6.45) is 4.43. The average Bonchev–Trinajstić information content (AvgIpc) is 3.10. The zero-order valence-corrected chi connectivity index (χ0v) is 11.9. The molecule has 5 nitrogen and oxygen atoms in total. The maximum Gasteiger partial charge on any atom is 0.263 e. The number of aromatic nitrogens is 2. The molecule has 1 atom stereocenters. The summed E-state index contributed by atoms with van der Waals surface area (Å²) in [7, 11) is 0. The van der Waals surface area contributed by atoms with E-state index in [1.807, 2.05) is 12.3 Å². The third-order valence-corrected chi connectivity index (χ3v) is 4.27. The first-order chi connectivity index (χ1) is 10.1. The van der Waals surface area contributed by atoms with E-state index < -0.39 is 17.8 Å². The molecular formula is C14H21F2N3O2. The molecular weight excluding hydrogens is 280 g/mol. The van der Waals surface area contributed by atoms with E-state index in [1.54, 1.807) is 10.9 Å². The minimum absolute atomic E-state index is 0.202. The molecule has 2 fully saturated rings. The monoisotopic (exact) mass is 301 g/mol. The smallest absolute Gasteiger partial charge is 0.263 e. The number of alkyl halides is 2. The van der Waals surface area contributed by atoms with E-state index in [0.717, 1.165) is 0 Å². The third kappa shape index (κ3) is 3.41. The predicted octanol–water partition coefficient (Wildman–Crippen LogP) is 1.79. The molecule has 2 heterocycles. The number of ether oxygens (including phenoxy) is 2. The van der Waals surface area contributed by atoms with Crippen molar-refractivity contribution in [1.29, 1.82) is 0 Å². The number of halogens is 2. The van der Waals surface area contributed by atoms with E-state index in [9.17, 15) is 8.78 Å². The molecule has 2 aliphatic rings. The van der Waals surface area contributed by atoms with E-state index in [2.05, 4.69) is 10.4 Å². The van der Waals surface area contributed by atoms with Crippen molar-refractivity contribution in [3.8, 4) is 0 Å². The van der Waals surface area contributed by atoms with Crippen LogP contribution in [0.15, 0.2) is 18.5 Å². The fraction of sp³-hybridized carbons (Fsp3) is 0.786. The summed E-state index contributed by atoms with van der Waals surface area (Å²) >= 11 is 0. The quantitative estimate of drug-likeness (QED) is 0.921. The Morgan fingerprint density at radius 3 is 2.76 bits per heavy atom. The zero-order chi connectivity index (χ0) is 14.8. The van der Waals surface area contributed by atoms with Gasteiger partial charge in [-0.05, 0) is 12.5 Å². The fourth-order valence-corrected chi connectivity index (χ4v) is 3.05. The maximum atomic E-state index is 14.2. The van der Waals surface area contributed by atoms with Gasteiger partial charge in [-0.3, -0.25) is 4.68 Å². The molecule has 1 aliphatic heterocycles. The summed E-state index contributed by atoms with van der Waals surface area (Å²) in [5.41, 5.74) is 0. The Kier molecular flexibility index (Phi) is 4.24. The van der Waals surface area contributed by atoms with Crippen LogP contribution in [-0.4, -0.2) is 47.3 Å². The van der Waals surface area contributed by atoms with Gasteiger partial charge in [-0.1, -0.05) is 0 Å². The lowest BCUT2D eigenvalue weighted by Crippen LogP contribution is -2.45. The number of nitrogens with one attached hydrogen (secondary N) is 1. The lowest BCUT2D eigenvalue weighted by atomic mass is 10.1. The Labute approximate surface area is 122 Å². The molecule has 7 heteroatoms. The van der Waals surface area contributed by atoms with Crippen molar-refractivity contribution in [2.24, 2.45) is 0 Å². The van der Waals surface area contributed by atoms with Gasteiger partial charge in [0.15, 0.2) is 5.79 Å². The Hall–Kier alpha value is -1.05. The summed E-state index contributed by atoms with van der Waals surface area (Å²) in [6, 6.07) is 0.985. The van der Waals surface area contributed by atoms with Crippen LogP contribution in [-0.2, 0) is 16.0 Å². The summed E-state index contributed by atoms with van der Waals surface area (Å²) in [5.74, 6) is -3.51. The van der Waals surface area contributed by atoms with Crippen molar-refractivity contribution >= 4 is 0 Å². The van der Waals surface area contributed by atoms with Crippen molar-refractivity contribution in [2.75, 3.05) is 19.8 Å². The number of hydrogen-bond acceptors (Lipinski definition) is 4. The highest BCUT2D eigenvalue weighted by atomic mass is 19.3. The summed E-state index contributed by atoms with van der Waals surface area (Å²) in [5, 5.41) is 7.04. The molecule has 0 radical (unpaired) electrons. The van der Waals surface area contributed by atoms with Gasteiger partial charge in [0.1, 0.15) is 0 Å². The van der Waals surface area contributed by atoms with Crippen molar-refractivity contribution in [3.63, 3.8) is 0 Å². The lowest BCUT2D eigenvalue weighted by molar-refractivity contribution is -0.168. The molecule has 0 aromatic carbocycles. The molecule has 0 bridgehead atoms. The van der Waals surface area contributed by atoms with Gasteiger partial charge >= 0.3 is 0 Å². The van der Waals surface area contributed by atoms with Crippen LogP contribution in [0.5, 0.6) is 0 Å². The number of rotatable bonds is 4. The first-order valence-electron chi connectivity index (χ1n) is 7.46. The van der Waals surface area contributed by atoms with Gasteiger partial charge in [-0.2, -0.15) is 5.10 Å². The summed E-state index contributed by atoms with van der Waals surface area (Å²) in [6.45, 7) is 2.06. The van der Waals surface area contributed by atoms with Crippen LogP contribution in [0.25, 0.3) is 0 Å². The third-order valence-electron chi connectivity index (χ3n) is 4.27. The Balaban J connectivity index is 1.55. The van der Waals surface area contributed by atoms with E-state index >= 15 is 0 Å². The van der Waals surface area contributed by atoms with Crippen molar-refractivity contribution < 1.29 is 18.3 Å². The highest BCUT2D eigenvalue weighted by Gasteiger charge is 2.48. The van der Waals surface area contributed by atoms with Crippen LogP contribution in [0.4, 0.5) is 8.78 Å². The van der Waals surface area contributed by atoms with Crippen LogP contribution >= 0.6 is 0 Å². The van der Waals surface area contributed by atoms with Gasteiger partial charge in [-0.15, -0.1) is 0 Å². The van der Waals surface area contributed by atoms with Crippen molar-refractivity contribution in [1.82, 2.24) is 15.1 Å². The SMILES string of the molecule is FC1(F)CCC2(CCC1NCCn1cccn1)OCCO2. The first-order valence-corrected chi connectivity index (χ1v) is 7.46. The lowest BCUT2D eigenvalue weighted by Gasteiger charge is -2.25. The Morgan fingerprint density at radius 1 is 1.24 bits per heavy atom. The van der Waals surface area contributed by atoms with E-state index in [0.29, 0.717) is 39.1 Å². The van der Waals surface area contributed by atoms with Gasteiger partial charge in [0.2, 0.25) is 0 Å². The molecule has 1 aliphatic carbocycles. The molecule has 1 saturated carbocycles. The largest absolute Gasteiger partial charge is 0.348 e. The second kappa shape index (κ2) is 5.98. The van der Waals surface area contributed by atoms with Crippen molar-refractivity contribution in [2.45, 2.75) is 50.0 Å². The van der Waals surface area contributed by atoms with E-state index in [1.165, 1.54) is 0 Å². The fourth-order valence-electron chi connectivity index (χ4n) is 3.05. The van der Waals surface area contributed by atoms with Crippen LogP contribution in [0.1, 0.15) is 25.7 Å². The molecule has 1 spiro atoms. The van der Waals surface area contributed by atoms with E-state index in [-0.39, 0.29) is 12.8 Å². The molecule has 21 heavy (non-hydrogen) atoms. The van der Waals surface area contributed by atoms with Gasteiger partial charge in [0, 0.05) is 38.2 Å².